The Morgan fingerprint density at radius 2 is 1.58 bits per heavy atom. The third kappa shape index (κ3) is 5.55. The normalized spacial score (nSPS) is 14.3. The van der Waals surface area contributed by atoms with E-state index in [4.69, 9.17) is 0 Å². The van der Waals surface area contributed by atoms with Gasteiger partial charge in [0.05, 0.1) is 6.54 Å². The number of amides is 1. The molecule has 31 heavy (non-hydrogen) atoms. The van der Waals surface area contributed by atoms with Crippen LogP contribution >= 0.6 is 0 Å². The summed E-state index contributed by atoms with van der Waals surface area (Å²) < 4.78 is 0. The van der Waals surface area contributed by atoms with Gasteiger partial charge in [0.25, 0.3) is 5.91 Å². The Hall–Kier alpha value is -3.51. The molecule has 158 valence electrons. The van der Waals surface area contributed by atoms with Gasteiger partial charge in [0.2, 0.25) is 0 Å². The minimum atomic E-state index is -0.230. The average molecular weight is 415 g/mol. The van der Waals surface area contributed by atoms with Crippen molar-refractivity contribution in [2.45, 2.75) is 6.54 Å². The van der Waals surface area contributed by atoms with Crippen molar-refractivity contribution < 1.29 is 9.59 Å². The second kappa shape index (κ2) is 10.00. The number of aromatic nitrogens is 1. The Kier molecular flexibility index (Phi) is 6.69. The van der Waals surface area contributed by atoms with Gasteiger partial charge in [-0.25, -0.2) is 4.98 Å². The number of piperazine rings is 1. The van der Waals surface area contributed by atoms with Gasteiger partial charge in [-0.15, -0.1) is 0 Å². The van der Waals surface area contributed by atoms with Gasteiger partial charge < -0.3 is 10.2 Å². The number of rotatable bonds is 7. The molecule has 0 saturated carbocycles. The monoisotopic (exact) mass is 414 g/mol. The van der Waals surface area contributed by atoms with Gasteiger partial charge in [0.1, 0.15) is 5.82 Å². The molecule has 0 atom stereocenters. The maximum atomic E-state index is 12.5. The Morgan fingerprint density at radius 3 is 2.32 bits per heavy atom. The molecule has 2 aromatic carbocycles. The van der Waals surface area contributed by atoms with Crippen LogP contribution in [0.3, 0.4) is 0 Å². The third-order valence-corrected chi connectivity index (χ3v) is 5.45. The number of pyridine rings is 1. The molecule has 1 fully saturated rings. The highest BCUT2D eigenvalue weighted by Crippen LogP contribution is 2.15. The molecule has 3 aromatic rings. The van der Waals surface area contributed by atoms with Crippen molar-refractivity contribution in [2.24, 2.45) is 0 Å². The van der Waals surface area contributed by atoms with Gasteiger partial charge in [0.15, 0.2) is 5.78 Å². The smallest absolute Gasteiger partial charge is 0.251 e. The fourth-order valence-corrected chi connectivity index (χ4v) is 3.73. The first-order chi connectivity index (χ1) is 15.2. The number of hydrogen-bond donors (Lipinski definition) is 1. The van der Waals surface area contributed by atoms with Crippen LogP contribution in [0.1, 0.15) is 26.3 Å². The van der Waals surface area contributed by atoms with E-state index >= 15 is 0 Å². The van der Waals surface area contributed by atoms with Gasteiger partial charge >= 0.3 is 0 Å². The van der Waals surface area contributed by atoms with Crippen LogP contribution in [0.4, 0.5) is 5.82 Å². The van der Waals surface area contributed by atoms with Gasteiger partial charge in [-0.1, -0.05) is 48.5 Å². The number of anilines is 1. The summed E-state index contributed by atoms with van der Waals surface area (Å²) in [5.41, 5.74) is 2.26. The molecule has 1 aliphatic rings. The van der Waals surface area contributed by atoms with E-state index in [1.165, 1.54) is 0 Å². The van der Waals surface area contributed by atoms with Gasteiger partial charge in [-0.2, -0.15) is 0 Å². The van der Waals surface area contributed by atoms with Crippen LogP contribution < -0.4 is 10.2 Å². The molecule has 1 aromatic heterocycles. The summed E-state index contributed by atoms with van der Waals surface area (Å²) in [5.74, 6) is 0.688. The standard InChI is InChI=1S/C25H26N4O2/c30-23(21-8-2-1-3-9-21)18-27-25(31)22-10-6-7-20(17-22)19-28-13-15-29(16-14-28)24-11-4-5-12-26-24/h1-12,17H,13-16,18-19H2,(H,27,31). The molecule has 1 aliphatic heterocycles. The summed E-state index contributed by atoms with van der Waals surface area (Å²) in [6, 6.07) is 22.6. The summed E-state index contributed by atoms with van der Waals surface area (Å²) in [5, 5.41) is 2.74. The molecule has 6 heteroatoms. The number of hydrogen-bond acceptors (Lipinski definition) is 5. The predicted octanol–water partition coefficient (Wildman–Crippen LogP) is 3.02. The lowest BCUT2D eigenvalue weighted by Crippen LogP contribution is -2.46. The van der Waals surface area contributed by atoms with E-state index in [1.807, 2.05) is 60.8 Å². The van der Waals surface area contributed by atoms with Crippen molar-refractivity contribution >= 4 is 17.5 Å². The van der Waals surface area contributed by atoms with Crippen molar-refractivity contribution in [1.29, 1.82) is 0 Å². The second-order valence-corrected chi connectivity index (χ2v) is 7.62. The molecular formula is C25H26N4O2. The first-order valence-electron chi connectivity index (χ1n) is 10.5. The van der Waals surface area contributed by atoms with Crippen molar-refractivity contribution in [3.63, 3.8) is 0 Å². The molecule has 1 amide bonds. The van der Waals surface area contributed by atoms with E-state index in [2.05, 4.69) is 20.1 Å². The number of ketones is 1. The molecule has 0 spiro atoms. The number of benzene rings is 2. The number of carbonyl (C=O) groups is 2. The second-order valence-electron chi connectivity index (χ2n) is 7.62. The molecule has 1 N–H and O–H groups in total. The highest BCUT2D eigenvalue weighted by atomic mass is 16.2. The zero-order chi connectivity index (χ0) is 21.5. The fourth-order valence-electron chi connectivity index (χ4n) is 3.73. The van der Waals surface area contributed by atoms with Crippen LogP contribution in [0.5, 0.6) is 0 Å². The van der Waals surface area contributed by atoms with Crippen LogP contribution in [-0.4, -0.2) is 54.3 Å². The van der Waals surface area contributed by atoms with Crippen molar-refractivity contribution in [1.82, 2.24) is 15.2 Å². The highest BCUT2D eigenvalue weighted by molar-refractivity contribution is 6.02. The lowest BCUT2D eigenvalue weighted by Gasteiger charge is -2.35. The molecular weight excluding hydrogens is 388 g/mol. The third-order valence-electron chi connectivity index (χ3n) is 5.45. The highest BCUT2D eigenvalue weighted by Gasteiger charge is 2.18. The van der Waals surface area contributed by atoms with Crippen LogP contribution in [-0.2, 0) is 6.54 Å². The Bertz CT molecular complexity index is 1020. The van der Waals surface area contributed by atoms with Crippen LogP contribution in [0.25, 0.3) is 0 Å². The van der Waals surface area contributed by atoms with E-state index in [0.717, 1.165) is 44.1 Å². The van der Waals surface area contributed by atoms with Crippen molar-refractivity contribution in [3.8, 4) is 0 Å². The first kappa shape index (κ1) is 20.8. The first-order valence-corrected chi connectivity index (χ1v) is 10.5. The van der Waals surface area contributed by atoms with E-state index < -0.39 is 0 Å². The Labute approximate surface area is 182 Å². The number of nitrogens with zero attached hydrogens (tertiary/aromatic N) is 3. The molecule has 0 aliphatic carbocycles. The SMILES string of the molecule is O=C(CNC(=O)c1cccc(CN2CCN(c3ccccn3)CC2)c1)c1ccccc1. The lowest BCUT2D eigenvalue weighted by atomic mass is 10.1. The minimum Gasteiger partial charge on any atom is -0.354 e. The maximum Gasteiger partial charge on any atom is 0.251 e. The molecule has 4 rings (SSSR count). The van der Waals surface area contributed by atoms with Crippen LogP contribution in [0, 0.1) is 0 Å². The van der Waals surface area contributed by atoms with E-state index in [0.29, 0.717) is 11.1 Å². The Balaban J connectivity index is 1.29. The number of Topliss-reactive ketones (excluding diaryl/α,β-unsaturated/α-hetero) is 1. The number of carbonyl (C=O) groups excluding carboxylic acids is 2. The van der Waals surface area contributed by atoms with E-state index in [9.17, 15) is 9.59 Å². The number of nitrogens with one attached hydrogen (secondary N) is 1. The topological polar surface area (TPSA) is 65.5 Å². The Morgan fingerprint density at radius 1 is 0.839 bits per heavy atom. The zero-order valence-corrected chi connectivity index (χ0v) is 17.4. The zero-order valence-electron chi connectivity index (χ0n) is 17.4. The van der Waals surface area contributed by atoms with Gasteiger partial charge in [-0.05, 0) is 29.8 Å². The molecule has 6 nitrogen and oxygen atoms in total. The van der Waals surface area contributed by atoms with Crippen LogP contribution in [0.2, 0.25) is 0 Å². The van der Waals surface area contributed by atoms with Gasteiger partial charge in [0, 0.05) is 50.0 Å². The largest absolute Gasteiger partial charge is 0.354 e. The summed E-state index contributed by atoms with van der Waals surface area (Å²) in [4.78, 5) is 33.9. The molecule has 0 unspecified atom stereocenters. The molecule has 0 radical (unpaired) electrons. The minimum absolute atomic E-state index is 0.0114. The van der Waals surface area contributed by atoms with E-state index in [1.54, 1.807) is 18.2 Å². The average Bonchev–Trinajstić information content (AvgIpc) is 2.84. The quantitative estimate of drug-likeness (QED) is 0.602. The molecule has 2 heterocycles. The summed E-state index contributed by atoms with van der Waals surface area (Å²) >= 11 is 0. The predicted molar refractivity (Wildman–Crippen MR) is 121 cm³/mol. The summed E-state index contributed by atoms with van der Waals surface area (Å²) in [6.45, 7) is 4.53. The summed E-state index contributed by atoms with van der Waals surface area (Å²) in [7, 11) is 0. The van der Waals surface area contributed by atoms with Crippen molar-refractivity contribution in [2.75, 3.05) is 37.6 Å². The van der Waals surface area contributed by atoms with Crippen LogP contribution in [0.15, 0.2) is 79.0 Å². The van der Waals surface area contributed by atoms with Crippen molar-refractivity contribution in [3.05, 3.63) is 95.7 Å². The summed E-state index contributed by atoms with van der Waals surface area (Å²) in [6.07, 6.45) is 1.83. The molecule has 0 bridgehead atoms. The molecule has 1 saturated heterocycles. The maximum absolute atomic E-state index is 12.5. The fraction of sp³-hybridized carbons (Fsp3) is 0.240. The lowest BCUT2D eigenvalue weighted by molar-refractivity contribution is 0.0904. The van der Waals surface area contributed by atoms with E-state index in [-0.39, 0.29) is 18.2 Å². The van der Waals surface area contributed by atoms with Gasteiger partial charge in [-0.3, -0.25) is 14.5 Å².